The molecule has 0 radical (unpaired) electrons. The van der Waals surface area contributed by atoms with Gasteiger partial charge in [0.2, 0.25) is 10.0 Å². The summed E-state index contributed by atoms with van der Waals surface area (Å²) >= 11 is 7.39. The normalized spacial score (nSPS) is 11.8. The Kier molecular flexibility index (Phi) is 4.37. The second kappa shape index (κ2) is 6.19. The van der Waals surface area contributed by atoms with E-state index in [1.165, 1.54) is 11.3 Å². The van der Waals surface area contributed by atoms with Gasteiger partial charge in [0.1, 0.15) is 4.83 Å². The Balaban J connectivity index is 1.99. The van der Waals surface area contributed by atoms with Gasteiger partial charge in [-0.15, -0.1) is 11.3 Å². The SMILES string of the molecule is Cc1nn(Cc2ccccc2Cl)c2sc(C(=O)NS(C)(=O)=O)cc12. The highest BCUT2D eigenvalue weighted by Crippen LogP contribution is 2.29. The van der Waals surface area contributed by atoms with Crippen LogP contribution < -0.4 is 4.72 Å². The van der Waals surface area contributed by atoms with Gasteiger partial charge in [-0.1, -0.05) is 29.8 Å². The van der Waals surface area contributed by atoms with E-state index in [9.17, 15) is 13.2 Å². The first-order valence-corrected chi connectivity index (χ1v) is 10.1. The Labute approximate surface area is 148 Å². The van der Waals surface area contributed by atoms with Gasteiger partial charge in [0.15, 0.2) is 0 Å². The van der Waals surface area contributed by atoms with Crippen molar-refractivity contribution in [3.05, 3.63) is 51.5 Å². The van der Waals surface area contributed by atoms with E-state index in [0.717, 1.165) is 27.7 Å². The van der Waals surface area contributed by atoms with E-state index in [2.05, 4.69) is 5.10 Å². The van der Waals surface area contributed by atoms with E-state index in [1.807, 2.05) is 35.9 Å². The Hall–Kier alpha value is -1.90. The summed E-state index contributed by atoms with van der Waals surface area (Å²) in [5.41, 5.74) is 1.69. The van der Waals surface area contributed by atoms with Crippen molar-refractivity contribution >= 4 is 49.1 Å². The number of carbonyl (C=O) groups is 1. The Bertz CT molecular complexity index is 1040. The zero-order chi connectivity index (χ0) is 17.5. The number of benzene rings is 1. The predicted octanol–water partition coefficient (Wildman–Crippen LogP) is 2.80. The average Bonchev–Trinajstić information content (AvgIpc) is 3.02. The third-order valence-electron chi connectivity index (χ3n) is 3.39. The van der Waals surface area contributed by atoms with Gasteiger partial charge in [0.25, 0.3) is 5.91 Å². The van der Waals surface area contributed by atoms with Crippen LogP contribution in [-0.4, -0.2) is 30.4 Å². The molecule has 9 heteroatoms. The minimum absolute atomic E-state index is 0.323. The van der Waals surface area contributed by atoms with Crippen LogP contribution in [0, 0.1) is 6.92 Å². The molecule has 0 saturated carbocycles. The van der Waals surface area contributed by atoms with Crippen molar-refractivity contribution < 1.29 is 13.2 Å². The first kappa shape index (κ1) is 16.9. The van der Waals surface area contributed by atoms with Crippen LogP contribution in [-0.2, 0) is 16.6 Å². The zero-order valence-corrected chi connectivity index (χ0v) is 15.3. The number of hydrogen-bond donors (Lipinski definition) is 1. The molecule has 0 fully saturated rings. The molecule has 3 rings (SSSR count). The van der Waals surface area contributed by atoms with Crippen LogP contribution >= 0.6 is 22.9 Å². The maximum Gasteiger partial charge on any atom is 0.274 e. The molecule has 1 amide bonds. The molecule has 0 atom stereocenters. The van der Waals surface area contributed by atoms with E-state index >= 15 is 0 Å². The van der Waals surface area contributed by atoms with Crippen molar-refractivity contribution in [3.8, 4) is 0 Å². The highest BCUT2D eigenvalue weighted by molar-refractivity contribution is 7.89. The molecule has 0 aliphatic rings. The number of hydrogen-bond acceptors (Lipinski definition) is 5. The van der Waals surface area contributed by atoms with Crippen molar-refractivity contribution in [1.29, 1.82) is 0 Å². The van der Waals surface area contributed by atoms with Gasteiger partial charge in [-0.3, -0.25) is 9.48 Å². The number of sulfonamides is 1. The summed E-state index contributed by atoms with van der Waals surface area (Å²) in [6, 6.07) is 9.13. The third-order valence-corrected chi connectivity index (χ3v) is 5.46. The Morgan fingerprint density at radius 3 is 2.75 bits per heavy atom. The standard InChI is InChI=1S/C15H14ClN3O3S2/c1-9-11-7-13(14(20)18-24(2,21)22)23-15(11)19(17-9)8-10-5-3-4-6-12(10)16/h3-7H,8H2,1-2H3,(H,18,20). The molecule has 126 valence electrons. The molecule has 0 bridgehead atoms. The molecule has 0 aliphatic heterocycles. The van der Waals surface area contributed by atoms with Crippen LogP contribution in [0.5, 0.6) is 0 Å². The van der Waals surface area contributed by atoms with E-state index in [-0.39, 0.29) is 0 Å². The smallest absolute Gasteiger partial charge is 0.267 e. The quantitative estimate of drug-likeness (QED) is 0.751. The topological polar surface area (TPSA) is 81.1 Å². The lowest BCUT2D eigenvalue weighted by Gasteiger charge is -2.05. The molecule has 24 heavy (non-hydrogen) atoms. The lowest BCUT2D eigenvalue weighted by molar-refractivity contribution is 0.0985. The lowest BCUT2D eigenvalue weighted by atomic mass is 10.2. The number of aromatic nitrogens is 2. The minimum Gasteiger partial charge on any atom is -0.267 e. The number of amides is 1. The minimum atomic E-state index is -3.60. The predicted molar refractivity (Wildman–Crippen MR) is 95.2 cm³/mol. The first-order chi connectivity index (χ1) is 11.2. The van der Waals surface area contributed by atoms with Crippen LogP contribution in [0.15, 0.2) is 30.3 Å². The fourth-order valence-electron chi connectivity index (χ4n) is 2.34. The summed E-state index contributed by atoms with van der Waals surface area (Å²) < 4.78 is 26.2. The lowest BCUT2D eigenvalue weighted by Crippen LogP contribution is -2.28. The van der Waals surface area contributed by atoms with Gasteiger partial charge in [-0.05, 0) is 24.6 Å². The van der Waals surface area contributed by atoms with Gasteiger partial charge in [-0.25, -0.2) is 13.1 Å². The maximum absolute atomic E-state index is 12.0. The second-order valence-electron chi connectivity index (χ2n) is 5.37. The van der Waals surface area contributed by atoms with E-state index in [0.29, 0.717) is 16.4 Å². The number of thiophene rings is 1. The van der Waals surface area contributed by atoms with Crippen molar-refractivity contribution in [2.24, 2.45) is 0 Å². The van der Waals surface area contributed by atoms with Gasteiger partial charge < -0.3 is 0 Å². The van der Waals surface area contributed by atoms with Crippen molar-refractivity contribution in [2.75, 3.05) is 6.26 Å². The van der Waals surface area contributed by atoms with Crippen molar-refractivity contribution in [3.63, 3.8) is 0 Å². The van der Waals surface area contributed by atoms with Gasteiger partial charge in [0, 0.05) is 10.4 Å². The third kappa shape index (κ3) is 3.45. The molecule has 1 aromatic carbocycles. The highest BCUT2D eigenvalue weighted by atomic mass is 35.5. The fourth-order valence-corrected chi connectivity index (χ4v) is 4.10. The van der Waals surface area contributed by atoms with E-state index in [1.54, 1.807) is 10.7 Å². The summed E-state index contributed by atoms with van der Waals surface area (Å²) in [5.74, 6) is -0.637. The van der Waals surface area contributed by atoms with Gasteiger partial charge in [0.05, 0.1) is 23.4 Å². The van der Waals surface area contributed by atoms with Gasteiger partial charge >= 0.3 is 0 Å². The molecular formula is C15H14ClN3O3S2. The molecule has 1 N–H and O–H groups in total. The number of carbonyl (C=O) groups excluding carboxylic acids is 1. The molecule has 2 aromatic heterocycles. The van der Waals surface area contributed by atoms with E-state index < -0.39 is 15.9 Å². The molecule has 3 aromatic rings. The number of rotatable bonds is 4. The molecular weight excluding hydrogens is 370 g/mol. The molecule has 6 nitrogen and oxygen atoms in total. The number of fused-ring (bicyclic) bond motifs is 1. The molecule has 0 saturated heterocycles. The monoisotopic (exact) mass is 383 g/mol. The van der Waals surface area contributed by atoms with Gasteiger partial charge in [-0.2, -0.15) is 5.10 Å². The molecule has 0 unspecified atom stereocenters. The summed E-state index contributed by atoms with van der Waals surface area (Å²) in [6.07, 6.45) is 0.947. The van der Waals surface area contributed by atoms with Crippen LogP contribution in [0.4, 0.5) is 0 Å². The second-order valence-corrected chi connectivity index (χ2v) is 8.55. The number of halogens is 1. The van der Waals surface area contributed by atoms with Crippen LogP contribution in [0.1, 0.15) is 20.9 Å². The fraction of sp³-hybridized carbons (Fsp3) is 0.200. The number of aryl methyl sites for hydroxylation is 1. The molecule has 0 aliphatic carbocycles. The number of nitrogens with one attached hydrogen (secondary N) is 1. The first-order valence-electron chi connectivity index (χ1n) is 6.97. The summed E-state index contributed by atoms with van der Waals surface area (Å²) in [6.45, 7) is 2.31. The largest absolute Gasteiger partial charge is 0.274 e. The van der Waals surface area contributed by atoms with Crippen LogP contribution in [0.25, 0.3) is 10.2 Å². The average molecular weight is 384 g/mol. The Morgan fingerprint density at radius 2 is 2.08 bits per heavy atom. The Morgan fingerprint density at radius 1 is 1.38 bits per heavy atom. The van der Waals surface area contributed by atoms with E-state index in [4.69, 9.17) is 11.6 Å². The summed E-state index contributed by atoms with van der Waals surface area (Å²) in [7, 11) is -3.60. The summed E-state index contributed by atoms with van der Waals surface area (Å²) in [5, 5.41) is 5.95. The van der Waals surface area contributed by atoms with Crippen LogP contribution in [0.3, 0.4) is 0 Å². The van der Waals surface area contributed by atoms with Crippen molar-refractivity contribution in [1.82, 2.24) is 14.5 Å². The molecule has 2 heterocycles. The number of nitrogens with zero attached hydrogens (tertiary/aromatic N) is 2. The zero-order valence-electron chi connectivity index (χ0n) is 12.9. The highest BCUT2D eigenvalue weighted by Gasteiger charge is 2.18. The summed E-state index contributed by atoms with van der Waals surface area (Å²) in [4.78, 5) is 13.2. The molecule has 0 spiro atoms. The van der Waals surface area contributed by atoms with Crippen molar-refractivity contribution in [2.45, 2.75) is 13.5 Å². The van der Waals surface area contributed by atoms with Crippen LogP contribution in [0.2, 0.25) is 5.02 Å². The maximum atomic E-state index is 12.0.